The lowest BCUT2D eigenvalue weighted by Gasteiger charge is -2.26. The number of aryl methyl sites for hydroxylation is 2. The lowest BCUT2D eigenvalue weighted by molar-refractivity contribution is -0.153. The van der Waals surface area contributed by atoms with Crippen LogP contribution in [0.1, 0.15) is 48.6 Å². The third-order valence-corrected chi connectivity index (χ3v) is 7.56. The van der Waals surface area contributed by atoms with Gasteiger partial charge in [0.15, 0.2) is 5.82 Å². The van der Waals surface area contributed by atoms with Crippen LogP contribution in [0.15, 0.2) is 66.7 Å². The highest BCUT2D eigenvalue weighted by Gasteiger charge is 2.30. The summed E-state index contributed by atoms with van der Waals surface area (Å²) in [5, 5.41) is 9.25. The number of H-pyrrole nitrogens is 1. The third-order valence-electron chi connectivity index (χ3n) is 6.94. The van der Waals surface area contributed by atoms with Gasteiger partial charge < -0.3 is 9.64 Å². The number of aromatic amines is 1. The second kappa shape index (κ2) is 12.3. The smallest absolute Gasteiger partial charge is 0.311 e. The van der Waals surface area contributed by atoms with Crippen LogP contribution in [0.4, 0.5) is 5.82 Å². The van der Waals surface area contributed by atoms with Crippen molar-refractivity contribution < 1.29 is 9.53 Å². The molecule has 0 unspecified atom stereocenters. The summed E-state index contributed by atoms with van der Waals surface area (Å²) in [6, 6.07) is 22.0. The van der Waals surface area contributed by atoms with Gasteiger partial charge in [0.2, 0.25) is 0 Å². The van der Waals surface area contributed by atoms with Crippen molar-refractivity contribution >= 4 is 35.0 Å². The molecule has 0 aliphatic heterocycles. The zero-order chi connectivity index (χ0) is 28.2. The maximum atomic E-state index is 12.5. The number of nitrogens with zero attached hydrogens (tertiary/aromatic N) is 2. The maximum Gasteiger partial charge on any atom is 0.311 e. The third kappa shape index (κ3) is 7.03. The van der Waals surface area contributed by atoms with Gasteiger partial charge in [0, 0.05) is 29.2 Å². The van der Waals surface area contributed by atoms with Gasteiger partial charge in [-0.05, 0) is 92.6 Å². The average Bonchev–Trinajstić information content (AvgIpc) is 3.38. The van der Waals surface area contributed by atoms with E-state index in [1.54, 1.807) is 0 Å². The minimum Gasteiger partial charge on any atom is -0.466 e. The van der Waals surface area contributed by atoms with Gasteiger partial charge in [0.1, 0.15) is 0 Å². The molecule has 3 aromatic carbocycles. The number of rotatable bonds is 10. The number of anilines is 1. The molecule has 204 valence electrons. The summed E-state index contributed by atoms with van der Waals surface area (Å²) >= 11 is 12.6. The zero-order valence-corrected chi connectivity index (χ0v) is 24.7. The van der Waals surface area contributed by atoms with Crippen molar-refractivity contribution in [3.8, 4) is 11.3 Å². The molecule has 0 bridgehead atoms. The van der Waals surface area contributed by atoms with Gasteiger partial charge in [-0.3, -0.25) is 9.89 Å². The number of ether oxygens (including phenoxy) is 1. The molecule has 0 spiro atoms. The molecule has 0 saturated heterocycles. The van der Waals surface area contributed by atoms with E-state index in [1.165, 1.54) is 5.56 Å². The first-order valence-electron chi connectivity index (χ1n) is 13.1. The Balaban J connectivity index is 1.64. The summed E-state index contributed by atoms with van der Waals surface area (Å²) in [5.41, 5.74) is 7.00. The predicted molar refractivity (Wildman–Crippen MR) is 160 cm³/mol. The lowest BCUT2D eigenvalue weighted by Crippen LogP contribution is -2.29. The fourth-order valence-corrected chi connectivity index (χ4v) is 5.14. The number of halogens is 2. The van der Waals surface area contributed by atoms with Crippen LogP contribution in [-0.4, -0.2) is 22.8 Å². The zero-order valence-electron chi connectivity index (χ0n) is 23.1. The fraction of sp³-hybridized carbons (Fsp3) is 0.312. The first-order chi connectivity index (χ1) is 18.6. The fourth-order valence-electron chi connectivity index (χ4n) is 4.81. The quantitative estimate of drug-likeness (QED) is 0.197. The molecular weight excluding hydrogens is 529 g/mol. The van der Waals surface area contributed by atoms with Crippen LogP contribution in [0.2, 0.25) is 10.0 Å². The molecule has 1 heterocycles. The molecule has 39 heavy (non-hydrogen) atoms. The SMILES string of the molecule is CCOC(=O)C(C)(C)Cc1c(C)cc(CN(Cc2ccccc2Cl)c2cc(-c3ccc(Cl)cc3)[nH]n2)cc1C. The Hall–Kier alpha value is -3.28. The summed E-state index contributed by atoms with van der Waals surface area (Å²) in [5.74, 6) is 0.650. The van der Waals surface area contributed by atoms with Crippen LogP contribution in [0.25, 0.3) is 11.3 Å². The van der Waals surface area contributed by atoms with Crippen molar-refractivity contribution in [1.29, 1.82) is 0 Å². The Morgan fingerprint density at radius 3 is 2.28 bits per heavy atom. The molecule has 0 aliphatic rings. The van der Waals surface area contributed by atoms with Crippen LogP contribution in [0.5, 0.6) is 0 Å². The molecule has 0 atom stereocenters. The number of nitrogens with one attached hydrogen (secondary N) is 1. The first-order valence-corrected chi connectivity index (χ1v) is 13.9. The molecule has 0 aliphatic carbocycles. The van der Waals surface area contributed by atoms with E-state index in [0.717, 1.165) is 44.4 Å². The van der Waals surface area contributed by atoms with Gasteiger partial charge in [0.05, 0.1) is 17.7 Å². The summed E-state index contributed by atoms with van der Waals surface area (Å²) in [6.45, 7) is 11.6. The van der Waals surface area contributed by atoms with E-state index in [-0.39, 0.29) is 5.97 Å². The van der Waals surface area contributed by atoms with E-state index in [0.29, 0.717) is 31.1 Å². The van der Waals surface area contributed by atoms with Gasteiger partial charge >= 0.3 is 5.97 Å². The predicted octanol–water partition coefficient (Wildman–Crippen LogP) is 8.34. The van der Waals surface area contributed by atoms with Crippen molar-refractivity contribution in [1.82, 2.24) is 10.2 Å². The Labute approximate surface area is 241 Å². The molecule has 0 fully saturated rings. The normalized spacial score (nSPS) is 11.5. The monoisotopic (exact) mass is 563 g/mol. The van der Waals surface area contributed by atoms with E-state index in [1.807, 2.05) is 69.3 Å². The number of esters is 1. The lowest BCUT2D eigenvalue weighted by atomic mass is 9.82. The Morgan fingerprint density at radius 2 is 1.64 bits per heavy atom. The van der Waals surface area contributed by atoms with Crippen molar-refractivity contribution in [3.05, 3.63) is 105 Å². The molecule has 1 aromatic heterocycles. The molecule has 0 saturated carbocycles. The number of carbonyl (C=O) groups is 1. The van der Waals surface area contributed by atoms with Gasteiger partial charge in [-0.2, -0.15) is 5.10 Å². The van der Waals surface area contributed by atoms with Crippen molar-refractivity contribution in [2.24, 2.45) is 5.41 Å². The van der Waals surface area contributed by atoms with E-state index in [9.17, 15) is 4.79 Å². The van der Waals surface area contributed by atoms with Crippen molar-refractivity contribution in [2.45, 2.75) is 54.1 Å². The van der Waals surface area contributed by atoms with Gasteiger partial charge in [0.25, 0.3) is 0 Å². The van der Waals surface area contributed by atoms with E-state index >= 15 is 0 Å². The summed E-state index contributed by atoms with van der Waals surface area (Å²) in [6.07, 6.45) is 0.622. The van der Waals surface area contributed by atoms with Crippen LogP contribution < -0.4 is 4.90 Å². The molecular formula is C32H35Cl2N3O2. The Bertz CT molecular complexity index is 1420. The molecule has 0 amide bonds. The number of aromatic nitrogens is 2. The minimum absolute atomic E-state index is 0.172. The van der Waals surface area contributed by atoms with E-state index in [2.05, 4.69) is 47.1 Å². The van der Waals surface area contributed by atoms with Gasteiger partial charge in [-0.25, -0.2) is 0 Å². The van der Waals surface area contributed by atoms with Gasteiger partial charge in [-0.1, -0.05) is 65.7 Å². The molecule has 1 N–H and O–H groups in total. The minimum atomic E-state index is -0.601. The molecule has 4 aromatic rings. The topological polar surface area (TPSA) is 58.2 Å². The van der Waals surface area contributed by atoms with Crippen molar-refractivity contribution in [2.75, 3.05) is 11.5 Å². The average molecular weight is 565 g/mol. The maximum absolute atomic E-state index is 12.5. The number of hydrogen-bond acceptors (Lipinski definition) is 4. The van der Waals surface area contributed by atoms with E-state index in [4.69, 9.17) is 27.9 Å². The van der Waals surface area contributed by atoms with E-state index < -0.39 is 5.41 Å². The van der Waals surface area contributed by atoms with Gasteiger partial charge in [-0.15, -0.1) is 0 Å². The number of hydrogen-bond donors (Lipinski definition) is 1. The largest absolute Gasteiger partial charge is 0.466 e. The van der Waals surface area contributed by atoms with Crippen molar-refractivity contribution in [3.63, 3.8) is 0 Å². The van der Waals surface area contributed by atoms with Crippen LogP contribution in [0, 0.1) is 19.3 Å². The van der Waals surface area contributed by atoms with Crippen LogP contribution in [-0.2, 0) is 29.0 Å². The highest BCUT2D eigenvalue weighted by Crippen LogP contribution is 2.31. The molecule has 5 nitrogen and oxygen atoms in total. The molecule has 7 heteroatoms. The summed E-state index contributed by atoms with van der Waals surface area (Å²) in [7, 11) is 0. The second-order valence-corrected chi connectivity index (χ2v) is 11.4. The molecule has 0 radical (unpaired) electrons. The first kappa shape index (κ1) is 28.7. The Morgan fingerprint density at radius 1 is 0.974 bits per heavy atom. The summed E-state index contributed by atoms with van der Waals surface area (Å²) < 4.78 is 5.32. The number of benzene rings is 3. The summed E-state index contributed by atoms with van der Waals surface area (Å²) in [4.78, 5) is 14.7. The Kier molecular flexibility index (Phi) is 9.04. The number of carbonyl (C=O) groups excluding carboxylic acids is 1. The molecule has 4 rings (SSSR count). The highest BCUT2D eigenvalue weighted by atomic mass is 35.5. The standard InChI is InChI=1S/C32H35Cl2N3O2/c1-6-39-31(38)32(4,5)18-27-21(2)15-23(16-22(27)3)19-37(20-25-9-7-8-10-28(25)34)30-17-29(35-36-30)24-11-13-26(33)14-12-24/h7-17H,6,18-20H2,1-5H3,(H,35,36). The van der Waals surface area contributed by atoms with Crippen LogP contribution >= 0.6 is 23.2 Å². The highest BCUT2D eigenvalue weighted by molar-refractivity contribution is 6.31. The van der Waals surface area contributed by atoms with Crippen LogP contribution in [0.3, 0.4) is 0 Å². The second-order valence-electron chi connectivity index (χ2n) is 10.6.